The molecule has 1 aliphatic rings. The minimum absolute atomic E-state index is 0.0288. The maximum absolute atomic E-state index is 13.2. The Morgan fingerprint density at radius 3 is 2.67 bits per heavy atom. The number of piperidine rings is 1. The fourth-order valence-corrected chi connectivity index (χ4v) is 4.79. The average Bonchev–Trinajstić information content (AvgIpc) is 3.01. The molecule has 7 nitrogen and oxygen atoms in total. The normalized spacial score (nSPS) is 20.1. The predicted octanol–water partition coefficient (Wildman–Crippen LogP) is 2.03. The highest BCUT2D eigenvalue weighted by molar-refractivity contribution is 7.17. The first kappa shape index (κ1) is 19.7. The molecule has 2 aromatic heterocycles. The topological polar surface area (TPSA) is 94.1 Å². The molecule has 3 rings (SSSR count). The quantitative estimate of drug-likeness (QED) is 0.867. The molecule has 1 amide bonds. The van der Waals surface area contributed by atoms with Crippen molar-refractivity contribution in [1.29, 1.82) is 0 Å². The van der Waals surface area contributed by atoms with E-state index in [1.165, 1.54) is 16.0 Å². The van der Waals surface area contributed by atoms with Crippen LogP contribution in [0.5, 0.6) is 0 Å². The molecule has 1 fully saturated rings. The van der Waals surface area contributed by atoms with Crippen LogP contribution >= 0.6 is 11.3 Å². The maximum atomic E-state index is 13.2. The number of carbonyl (C=O) groups is 1. The second kappa shape index (κ2) is 7.52. The molecule has 0 spiro atoms. The average molecular weight is 390 g/mol. The summed E-state index contributed by atoms with van der Waals surface area (Å²) in [6.45, 7) is 8.93. The van der Waals surface area contributed by atoms with E-state index < -0.39 is 0 Å². The van der Waals surface area contributed by atoms with E-state index in [4.69, 9.17) is 5.73 Å². The van der Waals surface area contributed by atoms with Gasteiger partial charge in [0.25, 0.3) is 11.5 Å². The summed E-state index contributed by atoms with van der Waals surface area (Å²) >= 11 is 1.29. The maximum Gasteiger partial charge on any atom is 0.277 e. The van der Waals surface area contributed by atoms with E-state index in [0.717, 1.165) is 24.1 Å². The molecule has 2 aromatic rings. The van der Waals surface area contributed by atoms with Crippen molar-refractivity contribution >= 4 is 17.2 Å². The molecule has 1 aliphatic heterocycles. The van der Waals surface area contributed by atoms with Crippen LogP contribution in [-0.4, -0.2) is 44.7 Å². The largest absolute Gasteiger partial charge is 0.334 e. The molecule has 146 valence electrons. The summed E-state index contributed by atoms with van der Waals surface area (Å²) in [6, 6.07) is 0.0592. The van der Waals surface area contributed by atoms with Crippen molar-refractivity contribution in [3.8, 4) is 10.6 Å². The molecule has 0 saturated carbocycles. The SMILES string of the molecule is Cc1nc(-c2c(C)c(C)nn(C)c2=O)sc1C(=O)N1CCC(C)CC1CN. The second-order valence-electron chi connectivity index (χ2n) is 7.47. The van der Waals surface area contributed by atoms with Gasteiger partial charge in [0.2, 0.25) is 0 Å². The lowest BCUT2D eigenvalue weighted by atomic mass is 9.92. The summed E-state index contributed by atoms with van der Waals surface area (Å²) in [4.78, 5) is 32.9. The molecular formula is C19H27N5O2S. The predicted molar refractivity (Wildman–Crippen MR) is 107 cm³/mol. The van der Waals surface area contributed by atoms with Crippen molar-refractivity contribution in [3.63, 3.8) is 0 Å². The molecule has 0 aliphatic carbocycles. The zero-order valence-corrected chi connectivity index (χ0v) is 17.4. The lowest BCUT2D eigenvalue weighted by Gasteiger charge is -2.37. The molecular weight excluding hydrogens is 362 g/mol. The van der Waals surface area contributed by atoms with Gasteiger partial charge in [-0.25, -0.2) is 9.67 Å². The molecule has 0 aromatic carbocycles. The van der Waals surface area contributed by atoms with Gasteiger partial charge in [0.05, 0.1) is 17.0 Å². The fourth-order valence-electron chi connectivity index (χ4n) is 3.68. The van der Waals surface area contributed by atoms with E-state index in [1.807, 2.05) is 25.7 Å². The number of nitrogens with two attached hydrogens (primary N) is 1. The number of amides is 1. The van der Waals surface area contributed by atoms with Crippen molar-refractivity contribution in [1.82, 2.24) is 19.7 Å². The number of hydrogen-bond acceptors (Lipinski definition) is 6. The summed E-state index contributed by atoms with van der Waals surface area (Å²) in [5, 5.41) is 4.79. The standard InChI is InChI=1S/C19H27N5O2S/c1-10-6-7-24(14(8-10)9-20)19(26)16-13(4)21-17(27-16)15-11(2)12(3)22-23(5)18(15)25/h10,14H,6-9,20H2,1-5H3. The number of hydrogen-bond donors (Lipinski definition) is 1. The zero-order valence-electron chi connectivity index (χ0n) is 16.6. The second-order valence-corrected chi connectivity index (χ2v) is 8.46. The number of rotatable bonds is 3. The summed E-state index contributed by atoms with van der Waals surface area (Å²) in [7, 11) is 1.63. The highest BCUT2D eigenvalue weighted by Crippen LogP contribution is 2.31. The number of thiazole rings is 1. The van der Waals surface area contributed by atoms with Crippen molar-refractivity contribution in [2.75, 3.05) is 13.1 Å². The highest BCUT2D eigenvalue weighted by atomic mass is 32.1. The highest BCUT2D eigenvalue weighted by Gasteiger charge is 2.32. The Morgan fingerprint density at radius 2 is 2.00 bits per heavy atom. The van der Waals surface area contributed by atoms with Gasteiger partial charge in [-0.05, 0) is 45.1 Å². The summed E-state index contributed by atoms with van der Waals surface area (Å²) in [6.07, 6.45) is 1.91. The number of aryl methyl sites for hydroxylation is 3. The Labute approximate surface area is 163 Å². The smallest absolute Gasteiger partial charge is 0.277 e. The van der Waals surface area contributed by atoms with Gasteiger partial charge in [0.15, 0.2) is 0 Å². The number of aromatic nitrogens is 3. The van der Waals surface area contributed by atoms with Crippen LogP contribution in [0.4, 0.5) is 0 Å². The van der Waals surface area contributed by atoms with Crippen LogP contribution in [0.1, 0.15) is 46.4 Å². The first-order valence-electron chi connectivity index (χ1n) is 9.27. The Balaban J connectivity index is 2.01. The first-order valence-corrected chi connectivity index (χ1v) is 10.1. The fraction of sp³-hybridized carbons (Fsp3) is 0.579. The monoisotopic (exact) mass is 389 g/mol. The molecule has 0 radical (unpaired) electrons. The number of nitrogens with zero attached hydrogens (tertiary/aromatic N) is 4. The van der Waals surface area contributed by atoms with Gasteiger partial charge in [-0.3, -0.25) is 9.59 Å². The molecule has 27 heavy (non-hydrogen) atoms. The van der Waals surface area contributed by atoms with Crippen LogP contribution in [0.3, 0.4) is 0 Å². The third-order valence-electron chi connectivity index (χ3n) is 5.44. The van der Waals surface area contributed by atoms with E-state index in [9.17, 15) is 9.59 Å². The zero-order chi connectivity index (χ0) is 19.9. The molecule has 3 heterocycles. The third kappa shape index (κ3) is 3.55. The number of carbonyl (C=O) groups excluding carboxylic acids is 1. The lowest BCUT2D eigenvalue weighted by Crippen LogP contribution is -2.49. The minimum atomic E-state index is -0.197. The summed E-state index contributed by atoms with van der Waals surface area (Å²) in [5.41, 5.74) is 8.49. The van der Waals surface area contributed by atoms with Gasteiger partial charge in [0.1, 0.15) is 9.88 Å². The van der Waals surface area contributed by atoms with E-state index in [-0.39, 0.29) is 17.5 Å². The van der Waals surface area contributed by atoms with Crippen molar-refractivity contribution in [2.45, 2.75) is 46.6 Å². The van der Waals surface area contributed by atoms with Crippen molar-refractivity contribution < 1.29 is 4.79 Å². The van der Waals surface area contributed by atoms with Crippen molar-refractivity contribution in [3.05, 3.63) is 32.2 Å². The van der Waals surface area contributed by atoms with Crippen LogP contribution in [0, 0.1) is 26.7 Å². The van der Waals surface area contributed by atoms with Gasteiger partial charge >= 0.3 is 0 Å². The molecule has 8 heteroatoms. The minimum Gasteiger partial charge on any atom is -0.334 e. The van der Waals surface area contributed by atoms with Gasteiger partial charge in [-0.15, -0.1) is 11.3 Å². The molecule has 2 N–H and O–H groups in total. The molecule has 2 unspecified atom stereocenters. The number of likely N-dealkylation sites (tertiary alicyclic amines) is 1. The van der Waals surface area contributed by atoms with E-state index in [1.54, 1.807) is 7.05 Å². The molecule has 2 atom stereocenters. The van der Waals surface area contributed by atoms with Gasteiger partial charge in [-0.2, -0.15) is 5.10 Å². The summed E-state index contributed by atoms with van der Waals surface area (Å²) in [5.74, 6) is 0.546. The van der Waals surface area contributed by atoms with Crippen LogP contribution in [0.2, 0.25) is 0 Å². The Morgan fingerprint density at radius 1 is 1.30 bits per heavy atom. The lowest BCUT2D eigenvalue weighted by molar-refractivity contribution is 0.0577. The summed E-state index contributed by atoms with van der Waals surface area (Å²) < 4.78 is 1.33. The Kier molecular flexibility index (Phi) is 5.48. The van der Waals surface area contributed by atoms with E-state index in [2.05, 4.69) is 17.0 Å². The van der Waals surface area contributed by atoms with Crippen LogP contribution in [0.15, 0.2) is 4.79 Å². The van der Waals surface area contributed by atoms with Gasteiger partial charge < -0.3 is 10.6 Å². The van der Waals surface area contributed by atoms with Crippen molar-refractivity contribution in [2.24, 2.45) is 18.7 Å². The molecule has 1 saturated heterocycles. The van der Waals surface area contributed by atoms with Crippen LogP contribution in [0.25, 0.3) is 10.6 Å². The van der Waals surface area contributed by atoms with Crippen LogP contribution in [-0.2, 0) is 7.05 Å². The Hall–Kier alpha value is -2.06. The first-order chi connectivity index (χ1) is 12.7. The Bertz CT molecular complexity index is 933. The van der Waals surface area contributed by atoms with Crippen LogP contribution < -0.4 is 11.3 Å². The van der Waals surface area contributed by atoms with E-state index in [0.29, 0.717) is 40.1 Å². The van der Waals surface area contributed by atoms with Gasteiger partial charge in [0, 0.05) is 26.2 Å². The van der Waals surface area contributed by atoms with Gasteiger partial charge in [-0.1, -0.05) is 6.92 Å². The molecule has 0 bridgehead atoms. The van der Waals surface area contributed by atoms with E-state index >= 15 is 0 Å². The third-order valence-corrected chi connectivity index (χ3v) is 6.60.